The van der Waals surface area contributed by atoms with E-state index in [1.165, 1.54) is 0 Å². The summed E-state index contributed by atoms with van der Waals surface area (Å²) in [6, 6.07) is 0. The summed E-state index contributed by atoms with van der Waals surface area (Å²) in [7, 11) is 0. The Morgan fingerprint density at radius 1 is 1.67 bits per heavy atom. The normalized spacial score (nSPS) is 7.33. The van der Waals surface area contributed by atoms with Crippen molar-refractivity contribution in [2.45, 2.75) is 19.3 Å². The van der Waals surface area contributed by atoms with E-state index in [1.54, 1.807) is 0 Å². The molecule has 0 atom stereocenters. The molecular weight excluding hydrogens is 72.1 g/mol. The second kappa shape index (κ2) is 4.56. The Labute approximate surface area is 39.6 Å². The van der Waals surface area contributed by atoms with Crippen LogP contribution in [0.5, 0.6) is 0 Å². The molecule has 0 bridgehead atoms. The van der Waals surface area contributed by atoms with E-state index < -0.39 is 0 Å². The van der Waals surface area contributed by atoms with Gasteiger partial charge < -0.3 is 0 Å². The van der Waals surface area contributed by atoms with Gasteiger partial charge in [-0.3, -0.25) is 0 Å². The Morgan fingerprint density at radius 2 is 2.33 bits per heavy atom. The van der Waals surface area contributed by atoms with Gasteiger partial charge in [0, 0.05) is 6.42 Å². The molecule has 0 aliphatic heterocycles. The zero-order chi connectivity index (χ0) is 4.83. The van der Waals surface area contributed by atoms with Crippen LogP contribution in [0.4, 0.5) is 0 Å². The van der Waals surface area contributed by atoms with E-state index in [0.717, 1.165) is 6.42 Å². The van der Waals surface area contributed by atoms with Crippen molar-refractivity contribution in [3.05, 3.63) is 13.3 Å². The fraction of sp³-hybridized carbons (Fsp3) is 0.500. The highest BCUT2D eigenvalue weighted by molar-refractivity contribution is 4.74. The van der Waals surface area contributed by atoms with E-state index >= 15 is 0 Å². The third-order valence-electron chi connectivity index (χ3n) is 0.506. The van der Waals surface area contributed by atoms with Gasteiger partial charge in [0.25, 0.3) is 0 Å². The zero-order valence-electron chi connectivity index (χ0n) is 3.70. The lowest BCUT2D eigenvalue weighted by Crippen LogP contribution is -1.63. The SMILES string of the molecule is [C]#CCCC[CH]. The summed E-state index contributed by atoms with van der Waals surface area (Å²) in [4.78, 5) is 0. The molecule has 0 saturated heterocycles. The van der Waals surface area contributed by atoms with Crippen LogP contribution in [0.25, 0.3) is 0 Å². The second-order valence-corrected chi connectivity index (χ2v) is 1.07. The lowest BCUT2D eigenvalue weighted by atomic mass is 10.3. The lowest BCUT2D eigenvalue weighted by Gasteiger charge is -1.78. The van der Waals surface area contributed by atoms with Crippen LogP contribution in [0, 0.1) is 19.3 Å². The van der Waals surface area contributed by atoms with Crippen molar-refractivity contribution < 1.29 is 0 Å². The van der Waals surface area contributed by atoms with Gasteiger partial charge in [-0.1, -0.05) is 5.92 Å². The van der Waals surface area contributed by atoms with Crippen molar-refractivity contribution in [3.8, 4) is 5.92 Å². The van der Waals surface area contributed by atoms with Crippen LogP contribution in [0.3, 0.4) is 0 Å². The van der Waals surface area contributed by atoms with Gasteiger partial charge >= 0.3 is 0 Å². The fourth-order valence-corrected chi connectivity index (χ4v) is 0.190. The highest BCUT2D eigenvalue weighted by atomic mass is 13.8. The van der Waals surface area contributed by atoms with E-state index in [1.807, 2.05) is 0 Å². The molecule has 0 heteroatoms. The van der Waals surface area contributed by atoms with Crippen LogP contribution in [0.1, 0.15) is 19.3 Å². The molecule has 0 heterocycles. The smallest absolute Gasteiger partial charge is 0.00990 e. The molecule has 0 aliphatic rings. The molecule has 0 aromatic heterocycles. The van der Waals surface area contributed by atoms with Crippen molar-refractivity contribution in [2.24, 2.45) is 0 Å². The van der Waals surface area contributed by atoms with Crippen LogP contribution in [0.15, 0.2) is 0 Å². The topological polar surface area (TPSA) is 0 Å². The first-order valence-corrected chi connectivity index (χ1v) is 2.01. The minimum Gasteiger partial charge on any atom is -0.0891 e. The summed E-state index contributed by atoms with van der Waals surface area (Å²) in [6.07, 6.45) is 8.67. The summed E-state index contributed by atoms with van der Waals surface area (Å²) in [6.45, 7) is 5.09. The third-order valence-corrected chi connectivity index (χ3v) is 0.506. The van der Waals surface area contributed by atoms with Crippen molar-refractivity contribution in [1.29, 1.82) is 0 Å². The Morgan fingerprint density at radius 3 is 2.50 bits per heavy atom. The van der Waals surface area contributed by atoms with Crippen molar-refractivity contribution >= 4 is 0 Å². The number of hydrogen-bond donors (Lipinski definition) is 0. The third kappa shape index (κ3) is 3.56. The largest absolute Gasteiger partial charge is 0.0891 e. The lowest BCUT2D eigenvalue weighted by molar-refractivity contribution is 0.883. The fourth-order valence-electron chi connectivity index (χ4n) is 0.190. The first-order valence-electron chi connectivity index (χ1n) is 2.01. The molecule has 31 valence electrons. The monoisotopic (exact) mass is 79.1 g/mol. The Bertz CT molecular complexity index is 47.5. The highest BCUT2D eigenvalue weighted by Gasteiger charge is 1.72. The van der Waals surface area contributed by atoms with Crippen molar-refractivity contribution in [1.82, 2.24) is 0 Å². The number of rotatable bonds is 2. The van der Waals surface area contributed by atoms with Gasteiger partial charge in [0.2, 0.25) is 0 Å². The molecule has 0 aromatic carbocycles. The zero-order valence-corrected chi connectivity index (χ0v) is 3.70. The van der Waals surface area contributed by atoms with Crippen LogP contribution in [0.2, 0.25) is 0 Å². The minimum absolute atomic E-state index is 0.672. The number of hydrogen-bond acceptors (Lipinski definition) is 0. The van der Waals surface area contributed by atoms with Crippen molar-refractivity contribution in [3.63, 3.8) is 0 Å². The molecule has 0 spiro atoms. The molecular formula is C6H7. The molecule has 0 unspecified atom stereocenters. The average molecular weight is 79.1 g/mol. The quantitative estimate of drug-likeness (QED) is 0.347. The Kier molecular flexibility index (Phi) is 4.23. The van der Waals surface area contributed by atoms with E-state index in [-0.39, 0.29) is 0 Å². The summed E-state index contributed by atoms with van der Waals surface area (Å²) in [5, 5.41) is 0. The summed E-state index contributed by atoms with van der Waals surface area (Å²) >= 11 is 0. The maximum Gasteiger partial charge on any atom is 0.00990 e. The van der Waals surface area contributed by atoms with Gasteiger partial charge in [-0.25, -0.2) is 0 Å². The standard InChI is InChI=1S/C6H7/c1-3-5-6-4-2/h1H,3,5-6H2. The van der Waals surface area contributed by atoms with E-state index in [4.69, 9.17) is 13.3 Å². The molecule has 0 fully saturated rings. The van der Waals surface area contributed by atoms with Gasteiger partial charge in [0.05, 0.1) is 0 Å². The van der Waals surface area contributed by atoms with Gasteiger partial charge in [0.1, 0.15) is 0 Å². The molecule has 0 aliphatic carbocycles. The number of unbranched alkanes of at least 4 members (excludes halogenated alkanes) is 2. The molecule has 0 amide bonds. The molecule has 0 nitrogen and oxygen atoms in total. The van der Waals surface area contributed by atoms with Gasteiger partial charge in [-0.05, 0) is 26.2 Å². The van der Waals surface area contributed by atoms with E-state index in [9.17, 15) is 0 Å². The predicted molar refractivity (Wildman–Crippen MR) is 25.3 cm³/mol. The highest BCUT2D eigenvalue weighted by Crippen LogP contribution is 1.88. The predicted octanol–water partition coefficient (Wildman–Crippen LogP) is 1.46. The summed E-state index contributed by atoms with van der Waals surface area (Å²) in [5.41, 5.74) is 0. The Hall–Kier alpha value is -0.440. The Balaban J connectivity index is 2.54. The molecule has 0 rings (SSSR count). The minimum atomic E-state index is 0.672. The second-order valence-electron chi connectivity index (χ2n) is 1.07. The van der Waals surface area contributed by atoms with E-state index in [0.29, 0.717) is 12.8 Å². The first kappa shape index (κ1) is 5.56. The van der Waals surface area contributed by atoms with Gasteiger partial charge in [0.15, 0.2) is 0 Å². The van der Waals surface area contributed by atoms with Crippen LogP contribution in [-0.4, -0.2) is 0 Å². The molecule has 0 N–H and O–H groups in total. The maximum absolute atomic E-state index is 6.40. The van der Waals surface area contributed by atoms with Crippen molar-refractivity contribution in [2.75, 3.05) is 0 Å². The molecule has 0 aromatic rings. The van der Waals surface area contributed by atoms with E-state index in [2.05, 4.69) is 5.92 Å². The molecule has 0 saturated carbocycles. The van der Waals surface area contributed by atoms with Crippen LogP contribution >= 0.6 is 0 Å². The van der Waals surface area contributed by atoms with Crippen LogP contribution < -0.4 is 0 Å². The summed E-state index contributed by atoms with van der Waals surface area (Å²) in [5.74, 6) is 2.24. The molecule has 3 radical (unpaired) electrons. The maximum atomic E-state index is 6.40. The molecule has 6 heavy (non-hydrogen) atoms. The van der Waals surface area contributed by atoms with Gasteiger partial charge in [-0.15, -0.1) is 0 Å². The first-order chi connectivity index (χ1) is 2.91. The summed E-state index contributed by atoms with van der Waals surface area (Å²) < 4.78 is 0. The van der Waals surface area contributed by atoms with Crippen LogP contribution in [-0.2, 0) is 0 Å². The van der Waals surface area contributed by atoms with Gasteiger partial charge in [-0.2, -0.15) is 0 Å². The average Bonchev–Trinajstić information content (AvgIpc) is 1.61.